The number of aromatic nitrogens is 2. The molecular weight excluding hydrogens is 453 g/mol. The maximum absolute atomic E-state index is 6.02. The maximum atomic E-state index is 6.02. The molecule has 2 heterocycles. The van der Waals surface area contributed by atoms with Crippen molar-refractivity contribution in [1.29, 1.82) is 0 Å². The molecule has 3 rings (SSSR count). The highest BCUT2D eigenvalue weighted by molar-refractivity contribution is 14.0. The Balaban J connectivity index is 0.00000261. The molecular formula is C20H30IN5O. The number of ether oxygens (including phenoxy) is 1. The van der Waals surface area contributed by atoms with E-state index in [2.05, 4.69) is 64.6 Å². The van der Waals surface area contributed by atoms with Gasteiger partial charge in [-0.15, -0.1) is 24.0 Å². The van der Waals surface area contributed by atoms with Crippen molar-refractivity contribution in [2.45, 2.75) is 32.9 Å². The van der Waals surface area contributed by atoms with Crippen molar-refractivity contribution in [3.8, 4) is 0 Å². The van der Waals surface area contributed by atoms with Gasteiger partial charge in [-0.2, -0.15) is 5.10 Å². The number of morpholine rings is 1. The van der Waals surface area contributed by atoms with E-state index < -0.39 is 0 Å². The summed E-state index contributed by atoms with van der Waals surface area (Å²) in [5.41, 5.74) is 3.74. The lowest BCUT2D eigenvalue weighted by Crippen LogP contribution is -2.48. The van der Waals surface area contributed by atoms with Crippen LogP contribution in [0.2, 0.25) is 0 Å². The average molecular weight is 483 g/mol. The summed E-state index contributed by atoms with van der Waals surface area (Å²) >= 11 is 0. The quantitative estimate of drug-likeness (QED) is 0.307. The molecule has 0 radical (unpaired) electrons. The van der Waals surface area contributed by atoms with E-state index in [4.69, 9.17) is 4.74 Å². The first-order valence-corrected chi connectivity index (χ1v) is 9.29. The van der Waals surface area contributed by atoms with Crippen molar-refractivity contribution in [2.75, 3.05) is 33.3 Å². The van der Waals surface area contributed by atoms with Gasteiger partial charge >= 0.3 is 0 Å². The van der Waals surface area contributed by atoms with Crippen LogP contribution < -0.4 is 5.32 Å². The average Bonchev–Trinajstić information content (AvgIpc) is 3.07. The Bertz CT molecular complexity index is 745. The molecule has 0 spiro atoms. The van der Waals surface area contributed by atoms with Crippen molar-refractivity contribution < 1.29 is 4.74 Å². The third kappa shape index (κ3) is 5.93. The highest BCUT2D eigenvalue weighted by Gasteiger charge is 2.24. The third-order valence-electron chi connectivity index (χ3n) is 4.72. The molecule has 0 amide bonds. The van der Waals surface area contributed by atoms with Crippen LogP contribution in [0.4, 0.5) is 0 Å². The number of aryl methyl sites for hydroxylation is 3. The second-order valence-electron chi connectivity index (χ2n) is 6.77. The van der Waals surface area contributed by atoms with E-state index in [0.29, 0.717) is 6.61 Å². The van der Waals surface area contributed by atoms with Crippen LogP contribution >= 0.6 is 24.0 Å². The molecule has 7 heteroatoms. The number of benzene rings is 1. The van der Waals surface area contributed by atoms with Gasteiger partial charge in [0.2, 0.25) is 0 Å². The van der Waals surface area contributed by atoms with Crippen LogP contribution in [0.1, 0.15) is 29.2 Å². The van der Waals surface area contributed by atoms with Crippen molar-refractivity contribution in [3.05, 3.63) is 53.3 Å². The predicted molar refractivity (Wildman–Crippen MR) is 120 cm³/mol. The lowest BCUT2D eigenvalue weighted by Gasteiger charge is -2.35. The molecule has 1 aromatic heterocycles. The highest BCUT2D eigenvalue weighted by Crippen LogP contribution is 2.24. The van der Waals surface area contributed by atoms with Crippen molar-refractivity contribution in [1.82, 2.24) is 20.0 Å². The molecule has 1 N–H and O–H groups in total. The van der Waals surface area contributed by atoms with E-state index >= 15 is 0 Å². The minimum Gasteiger partial charge on any atom is -0.370 e. The van der Waals surface area contributed by atoms with Gasteiger partial charge < -0.3 is 15.0 Å². The fourth-order valence-electron chi connectivity index (χ4n) is 3.34. The van der Waals surface area contributed by atoms with Gasteiger partial charge in [-0.25, -0.2) is 0 Å². The minimum atomic E-state index is 0. The smallest absolute Gasteiger partial charge is 0.193 e. The van der Waals surface area contributed by atoms with E-state index in [1.807, 2.05) is 17.9 Å². The highest BCUT2D eigenvalue weighted by atomic mass is 127. The molecule has 1 atom stereocenters. The van der Waals surface area contributed by atoms with E-state index in [-0.39, 0.29) is 30.1 Å². The number of hydrogen-bond donors (Lipinski definition) is 1. The van der Waals surface area contributed by atoms with Gasteiger partial charge in [0.1, 0.15) is 6.10 Å². The number of halogens is 1. The standard InChI is InChI=1S/C20H29N5O.HI/c1-16-13-23-25(14-16)10-6-9-22-20(21-3)24-11-12-26-19(15-24)18-8-5-4-7-17(18)2;/h4-5,7-8,13-14,19H,6,9-12,15H2,1-3H3,(H,21,22);1H. The molecule has 1 unspecified atom stereocenters. The molecule has 1 aliphatic heterocycles. The second kappa shape index (κ2) is 10.7. The summed E-state index contributed by atoms with van der Waals surface area (Å²) in [5, 5.41) is 7.81. The van der Waals surface area contributed by atoms with Crippen LogP contribution in [-0.4, -0.2) is 53.9 Å². The fraction of sp³-hybridized carbons (Fsp3) is 0.500. The number of aliphatic imine (C=N–C) groups is 1. The Kier molecular flexibility index (Phi) is 8.56. The lowest BCUT2D eigenvalue weighted by molar-refractivity contribution is -0.00831. The zero-order valence-electron chi connectivity index (χ0n) is 16.4. The van der Waals surface area contributed by atoms with Gasteiger partial charge in [-0.3, -0.25) is 9.67 Å². The largest absolute Gasteiger partial charge is 0.370 e. The van der Waals surface area contributed by atoms with Gasteiger partial charge in [-0.05, 0) is 37.0 Å². The first kappa shape index (κ1) is 21.7. The summed E-state index contributed by atoms with van der Waals surface area (Å²) in [7, 11) is 1.84. The Labute approximate surface area is 179 Å². The Morgan fingerprint density at radius 1 is 1.33 bits per heavy atom. The SMILES string of the molecule is CN=C(NCCCn1cc(C)cn1)N1CCOC(c2ccccc2C)C1.I. The predicted octanol–water partition coefficient (Wildman–Crippen LogP) is 3.16. The first-order chi connectivity index (χ1) is 12.7. The normalized spacial score (nSPS) is 17.5. The number of rotatable bonds is 5. The molecule has 1 fully saturated rings. The molecule has 6 nitrogen and oxygen atoms in total. The summed E-state index contributed by atoms with van der Waals surface area (Å²) in [6.45, 7) is 8.38. The zero-order chi connectivity index (χ0) is 18.4. The number of guanidine groups is 1. The summed E-state index contributed by atoms with van der Waals surface area (Å²) in [6, 6.07) is 8.45. The van der Waals surface area contributed by atoms with Crippen molar-refractivity contribution >= 4 is 29.9 Å². The number of nitrogens with zero attached hydrogens (tertiary/aromatic N) is 4. The van der Waals surface area contributed by atoms with Crippen LogP contribution in [0.25, 0.3) is 0 Å². The van der Waals surface area contributed by atoms with E-state index in [0.717, 1.165) is 38.6 Å². The van der Waals surface area contributed by atoms with E-state index in [1.165, 1.54) is 16.7 Å². The van der Waals surface area contributed by atoms with Gasteiger partial charge in [0.25, 0.3) is 0 Å². The summed E-state index contributed by atoms with van der Waals surface area (Å²) in [4.78, 5) is 6.75. The van der Waals surface area contributed by atoms with E-state index in [1.54, 1.807) is 0 Å². The second-order valence-corrected chi connectivity index (χ2v) is 6.77. The molecule has 0 saturated carbocycles. The number of hydrogen-bond acceptors (Lipinski definition) is 3. The minimum absolute atomic E-state index is 0. The Morgan fingerprint density at radius 2 is 2.15 bits per heavy atom. The Morgan fingerprint density at radius 3 is 2.85 bits per heavy atom. The zero-order valence-corrected chi connectivity index (χ0v) is 18.7. The molecule has 1 aliphatic rings. The van der Waals surface area contributed by atoms with Gasteiger partial charge in [0.15, 0.2) is 5.96 Å². The van der Waals surface area contributed by atoms with E-state index in [9.17, 15) is 0 Å². The maximum Gasteiger partial charge on any atom is 0.193 e. The summed E-state index contributed by atoms with van der Waals surface area (Å²) < 4.78 is 8.01. The molecule has 27 heavy (non-hydrogen) atoms. The van der Waals surface area contributed by atoms with Crippen molar-refractivity contribution in [2.24, 2.45) is 4.99 Å². The Hall–Kier alpha value is -1.61. The monoisotopic (exact) mass is 483 g/mol. The fourth-order valence-corrected chi connectivity index (χ4v) is 3.34. The molecule has 1 saturated heterocycles. The van der Waals surface area contributed by atoms with Crippen LogP contribution in [0.3, 0.4) is 0 Å². The van der Waals surface area contributed by atoms with Crippen molar-refractivity contribution in [3.63, 3.8) is 0 Å². The molecule has 1 aromatic carbocycles. The van der Waals surface area contributed by atoms with Crippen LogP contribution in [0.5, 0.6) is 0 Å². The van der Waals surface area contributed by atoms with Gasteiger partial charge in [-0.1, -0.05) is 24.3 Å². The van der Waals surface area contributed by atoms with Crippen LogP contribution in [0, 0.1) is 13.8 Å². The number of nitrogens with one attached hydrogen (secondary N) is 1. The first-order valence-electron chi connectivity index (χ1n) is 9.29. The molecule has 0 bridgehead atoms. The molecule has 2 aromatic rings. The molecule has 148 valence electrons. The van der Waals surface area contributed by atoms with Gasteiger partial charge in [0.05, 0.1) is 19.3 Å². The third-order valence-corrected chi connectivity index (χ3v) is 4.72. The van der Waals surface area contributed by atoms with Crippen LogP contribution in [-0.2, 0) is 11.3 Å². The summed E-state index contributed by atoms with van der Waals surface area (Å²) in [5.74, 6) is 0.948. The summed E-state index contributed by atoms with van der Waals surface area (Å²) in [6.07, 6.45) is 5.07. The lowest BCUT2D eigenvalue weighted by atomic mass is 10.0. The van der Waals surface area contributed by atoms with Crippen LogP contribution in [0.15, 0.2) is 41.7 Å². The topological polar surface area (TPSA) is 54.7 Å². The molecule has 0 aliphatic carbocycles. The van der Waals surface area contributed by atoms with Gasteiger partial charge in [0, 0.05) is 32.9 Å².